The number of aliphatic hydroxyl groups excluding tert-OH is 1. The van der Waals surface area contributed by atoms with Crippen LogP contribution in [-0.4, -0.2) is 37.2 Å². The number of amides is 2. The van der Waals surface area contributed by atoms with Crippen molar-refractivity contribution in [2.45, 2.75) is 6.10 Å². The molecule has 2 aromatic heterocycles. The van der Waals surface area contributed by atoms with Gasteiger partial charge in [-0.25, -0.2) is 13.9 Å². The first-order valence-corrected chi connectivity index (χ1v) is 7.54. The van der Waals surface area contributed by atoms with E-state index in [0.717, 1.165) is 0 Å². The van der Waals surface area contributed by atoms with E-state index in [2.05, 4.69) is 20.8 Å². The van der Waals surface area contributed by atoms with Gasteiger partial charge in [-0.3, -0.25) is 4.68 Å². The van der Waals surface area contributed by atoms with Crippen molar-refractivity contribution in [3.63, 3.8) is 0 Å². The Labute approximate surface area is 142 Å². The first-order valence-electron chi connectivity index (χ1n) is 7.54. The molecule has 0 unspecified atom stereocenters. The number of nitrogens with zero attached hydrogens (tertiary/aromatic N) is 4. The molecule has 1 aromatic carbocycles. The van der Waals surface area contributed by atoms with Gasteiger partial charge in [0.2, 0.25) is 0 Å². The molecule has 0 fully saturated rings. The normalized spacial score (nSPS) is 12.0. The Morgan fingerprint density at radius 1 is 1.40 bits per heavy atom. The minimum Gasteiger partial charge on any atom is -0.386 e. The van der Waals surface area contributed by atoms with Gasteiger partial charge in [-0.2, -0.15) is 10.2 Å². The number of hydrogen-bond acceptors (Lipinski definition) is 4. The first-order chi connectivity index (χ1) is 12.0. The van der Waals surface area contributed by atoms with Crippen LogP contribution < -0.4 is 10.6 Å². The number of aryl methyl sites for hydroxylation is 1. The standard InChI is InChI=1S/C16H17FN6O2/c1-22-10-11(8-20-22)15(24)9-18-16(25)21-13-7-12(17)3-4-14(13)23-6-2-5-19-23/h2-8,10,15,24H,9H2,1H3,(H2,18,21,25)/t15-/m1/s1. The van der Waals surface area contributed by atoms with Crippen molar-refractivity contribution in [1.82, 2.24) is 24.9 Å². The van der Waals surface area contributed by atoms with Crippen molar-refractivity contribution >= 4 is 11.7 Å². The van der Waals surface area contributed by atoms with Gasteiger partial charge in [-0.15, -0.1) is 0 Å². The van der Waals surface area contributed by atoms with Gasteiger partial charge in [-0.1, -0.05) is 0 Å². The van der Waals surface area contributed by atoms with E-state index in [4.69, 9.17) is 0 Å². The third-order valence-electron chi connectivity index (χ3n) is 3.52. The van der Waals surface area contributed by atoms with E-state index in [-0.39, 0.29) is 12.2 Å². The van der Waals surface area contributed by atoms with Crippen LogP contribution in [0.2, 0.25) is 0 Å². The van der Waals surface area contributed by atoms with Gasteiger partial charge >= 0.3 is 6.03 Å². The van der Waals surface area contributed by atoms with Crippen LogP contribution in [0.5, 0.6) is 0 Å². The molecular weight excluding hydrogens is 327 g/mol. The number of hydrogen-bond donors (Lipinski definition) is 3. The molecule has 0 saturated carbocycles. The molecule has 0 bridgehead atoms. The third kappa shape index (κ3) is 4.01. The lowest BCUT2D eigenvalue weighted by molar-refractivity contribution is 0.175. The van der Waals surface area contributed by atoms with Crippen LogP contribution in [-0.2, 0) is 7.05 Å². The lowest BCUT2D eigenvalue weighted by atomic mass is 10.2. The summed E-state index contributed by atoms with van der Waals surface area (Å²) in [6.07, 6.45) is 5.55. The van der Waals surface area contributed by atoms with E-state index in [1.807, 2.05) is 0 Å². The number of nitrogens with one attached hydrogen (secondary N) is 2. The van der Waals surface area contributed by atoms with Gasteiger partial charge in [0, 0.05) is 37.7 Å². The van der Waals surface area contributed by atoms with E-state index in [0.29, 0.717) is 11.3 Å². The Bertz CT molecular complexity index is 861. The van der Waals surface area contributed by atoms with Gasteiger partial charge in [-0.05, 0) is 24.3 Å². The van der Waals surface area contributed by atoms with Crippen LogP contribution >= 0.6 is 0 Å². The minimum atomic E-state index is -0.891. The van der Waals surface area contributed by atoms with Crippen LogP contribution in [0.1, 0.15) is 11.7 Å². The Morgan fingerprint density at radius 2 is 2.24 bits per heavy atom. The largest absolute Gasteiger partial charge is 0.386 e. The molecule has 8 nitrogen and oxygen atoms in total. The van der Waals surface area contributed by atoms with Gasteiger partial charge in [0.1, 0.15) is 5.82 Å². The summed E-state index contributed by atoms with van der Waals surface area (Å²) in [7, 11) is 1.73. The number of urea groups is 1. The molecule has 25 heavy (non-hydrogen) atoms. The van der Waals surface area contributed by atoms with Crippen LogP contribution in [0.4, 0.5) is 14.9 Å². The van der Waals surface area contributed by atoms with E-state index >= 15 is 0 Å². The molecule has 0 aliphatic carbocycles. The molecule has 0 spiro atoms. The molecule has 9 heteroatoms. The maximum Gasteiger partial charge on any atom is 0.319 e. The second-order valence-corrected chi connectivity index (χ2v) is 5.41. The van der Waals surface area contributed by atoms with E-state index < -0.39 is 18.0 Å². The quantitative estimate of drug-likeness (QED) is 0.655. The molecule has 3 N–H and O–H groups in total. The van der Waals surface area contributed by atoms with Crippen molar-refractivity contribution in [3.05, 3.63) is 60.4 Å². The van der Waals surface area contributed by atoms with E-state index in [1.54, 1.807) is 36.4 Å². The predicted octanol–water partition coefficient (Wildman–Crippen LogP) is 1.60. The smallest absolute Gasteiger partial charge is 0.319 e. The SMILES string of the molecule is Cn1cc([C@H](O)CNC(=O)Nc2cc(F)ccc2-n2cccn2)cn1. The number of aliphatic hydroxyl groups is 1. The summed E-state index contributed by atoms with van der Waals surface area (Å²) < 4.78 is 16.6. The molecule has 130 valence electrons. The van der Waals surface area contributed by atoms with Crippen molar-refractivity contribution in [3.8, 4) is 5.69 Å². The monoisotopic (exact) mass is 344 g/mol. The van der Waals surface area contributed by atoms with Crippen molar-refractivity contribution in [1.29, 1.82) is 0 Å². The molecule has 2 amide bonds. The number of carbonyl (C=O) groups excluding carboxylic acids is 1. The molecule has 3 rings (SSSR count). The van der Waals surface area contributed by atoms with Gasteiger partial charge in [0.25, 0.3) is 0 Å². The second kappa shape index (κ2) is 7.14. The first kappa shape index (κ1) is 16.7. The average Bonchev–Trinajstić information content (AvgIpc) is 3.24. The Morgan fingerprint density at radius 3 is 2.92 bits per heavy atom. The average molecular weight is 344 g/mol. The van der Waals surface area contributed by atoms with Crippen molar-refractivity contribution < 1.29 is 14.3 Å². The molecule has 2 heterocycles. The lowest BCUT2D eigenvalue weighted by Crippen LogP contribution is -2.32. The number of benzene rings is 1. The zero-order chi connectivity index (χ0) is 17.8. The molecule has 1 atom stereocenters. The topological polar surface area (TPSA) is 97.0 Å². The van der Waals surface area contributed by atoms with Gasteiger partial charge < -0.3 is 15.7 Å². The summed E-state index contributed by atoms with van der Waals surface area (Å²) in [5, 5.41) is 23.2. The molecule has 0 aliphatic rings. The van der Waals surface area contributed by atoms with E-state index in [9.17, 15) is 14.3 Å². The van der Waals surface area contributed by atoms with E-state index in [1.165, 1.54) is 29.1 Å². The summed E-state index contributed by atoms with van der Waals surface area (Å²) >= 11 is 0. The highest BCUT2D eigenvalue weighted by atomic mass is 19.1. The summed E-state index contributed by atoms with van der Waals surface area (Å²) in [5.41, 5.74) is 1.37. The number of carbonyl (C=O) groups is 1. The lowest BCUT2D eigenvalue weighted by Gasteiger charge is -2.14. The molecular formula is C16H17FN6O2. The Kier molecular flexibility index (Phi) is 4.75. The van der Waals surface area contributed by atoms with Crippen molar-refractivity contribution in [2.24, 2.45) is 7.05 Å². The zero-order valence-corrected chi connectivity index (χ0v) is 13.4. The van der Waals surface area contributed by atoms with Gasteiger partial charge in [0.05, 0.1) is 23.7 Å². The Hall–Kier alpha value is -3.20. The summed E-state index contributed by atoms with van der Waals surface area (Å²) in [6.45, 7) is -0.00997. The molecule has 3 aromatic rings. The maximum absolute atomic E-state index is 13.5. The van der Waals surface area contributed by atoms with Crippen LogP contribution in [0.25, 0.3) is 5.69 Å². The van der Waals surface area contributed by atoms with Gasteiger partial charge in [0.15, 0.2) is 0 Å². The molecule has 0 saturated heterocycles. The van der Waals surface area contributed by atoms with Crippen molar-refractivity contribution in [2.75, 3.05) is 11.9 Å². The summed E-state index contributed by atoms with van der Waals surface area (Å²) in [4.78, 5) is 12.1. The third-order valence-corrected chi connectivity index (χ3v) is 3.52. The molecule has 0 radical (unpaired) electrons. The molecule has 0 aliphatic heterocycles. The number of anilines is 1. The van der Waals surface area contributed by atoms with Crippen LogP contribution in [0, 0.1) is 5.82 Å². The fourth-order valence-corrected chi connectivity index (χ4v) is 2.31. The second-order valence-electron chi connectivity index (χ2n) is 5.41. The Balaban J connectivity index is 1.66. The number of rotatable bonds is 5. The highest BCUT2D eigenvalue weighted by Gasteiger charge is 2.13. The number of halogens is 1. The fraction of sp³-hybridized carbons (Fsp3) is 0.188. The number of aromatic nitrogens is 4. The van der Waals surface area contributed by atoms with Crippen LogP contribution in [0.15, 0.2) is 49.1 Å². The summed E-state index contributed by atoms with van der Waals surface area (Å²) in [5.74, 6) is -0.485. The fourth-order valence-electron chi connectivity index (χ4n) is 2.31. The highest BCUT2D eigenvalue weighted by molar-refractivity contribution is 5.91. The minimum absolute atomic E-state index is 0.00997. The zero-order valence-electron chi connectivity index (χ0n) is 13.4. The predicted molar refractivity (Wildman–Crippen MR) is 88.7 cm³/mol. The maximum atomic E-state index is 13.5. The van der Waals surface area contributed by atoms with Crippen LogP contribution in [0.3, 0.4) is 0 Å². The summed E-state index contributed by atoms with van der Waals surface area (Å²) in [6, 6.07) is 5.15. The highest BCUT2D eigenvalue weighted by Crippen LogP contribution is 2.21.